The summed E-state index contributed by atoms with van der Waals surface area (Å²) in [6, 6.07) is 10.6. The summed E-state index contributed by atoms with van der Waals surface area (Å²) >= 11 is 0. The van der Waals surface area contributed by atoms with Crippen LogP contribution in [0, 0.1) is 0 Å². The maximum absolute atomic E-state index is 10.0. The SMILES string of the molecule is CN1CCCCC1CCNCC(O)c1ccccc1. The molecular weight excluding hydrogens is 236 g/mol. The Balaban J connectivity index is 1.64. The molecule has 1 fully saturated rings. The van der Waals surface area contributed by atoms with Gasteiger partial charge in [-0.25, -0.2) is 0 Å². The Labute approximate surface area is 116 Å². The molecule has 2 atom stereocenters. The molecule has 0 spiro atoms. The van der Waals surface area contributed by atoms with Gasteiger partial charge in [0.05, 0.1) is 6.10 Å². The fourth-order valence-corrected chi connectivity index (χ4v) is 2.81. The number of hydrogen-bond donors (Lipinski definition) is 2. The first kappa shape index (κ1) is 14.5. The Kier molecular flexibility index (Phi) is 5.83. The van der Waals surface area contributed by atoms with E-state index in [9.17, 15) is 5.11 Å². The molecule has 19 heavy (non-hydrogen) atoms. The second-order valence-corrected chi connectivity index (χ2v) is 5.55. The summed E-state index contributed by atoms with van der Waals surface area (Å²) in [6.07, 6.45) is 4.80. The van der Waals surface area contributed by atoms with E-state index in [1.807, 2.05) is 30.3 Å². The number of rotatable bonds is 6. The van der Waals surface area contributed by atoms with Crippen LogP contribution in [0.5, 0.6) is 0 Å². The van der Waals surface area contributed by atoms with Crippen LogP contribution in [0.4, 0.5) is 0 Å². The van der Waals surface area contributed by atoms with E-state index in [-0.39, 0.29) is 0 Å². The molecule has 3 heteroatoms. The van der Waals surface area contributed by atoms with Crippen LogP contribution in [-0.4, -0.2) is 42.7 Å². The highest BCUT2D eigenvalue weighted by Gasteiger charge is 2.18. The van der Waals surface area contributed by atoms with Crippen molar-refractivity contribution in [3.8, 4) is 0 Å². The summed E-state index contributed by atoms with van der Waals surface area (Å²) in [5.41, 5.74) is 0.991. The van der Waals surface area contributed by atoms with Gasteiger partial charge in [0.2, 0.25) is 0 Å². The lowest BCUT2D eigenvalue weighted by molar-refractivity contribution is 0.161. The number of likely N-dealkylation sites (tertiary alicyclic amines) is 1. The fraction of sp³-hybridized carbons (Fsp3) is 0.625. The first-order valence-corrected chi connectivity index (χ1v) is 7.41. The Morgan fingerprint density at radius 3 is 2.84 bits per heavy atom. The molecule has 1 aromatic rings. The zero-order chi connectivity index (χ0) is 13.5. The molecule has 1 aliphatic rings. The van der Waals surface area contributed by atoms with E-state index in [1.165, 1.54) is 32.2 Å². The monoisotopic (exact) mass is 262 g/mol. The Bertz CT molecular complexity index is 355. The van der Waals surface area contributed by atoms with Crippen molar-refractivity contribution in [3.63, 3.8) is 0 Å². The van der Waals surface area contributed by atoms with Gasteiger partial charge in [-0.05, 0) is 45.0 Å². The predicted octanol–water partition coefficient (Wildman–Crippen LogP) is 2.18. The van der Waals surface area contributed by atoms with Gasteiger partial charge in [-0.3, -0.25) is 0 Å². The zero-order valence-corrected chi connectivity index (χ0v) is 11.9. The van der Waals surface area contributed by atoms with E-state index < -0.39 is 6.10 Å². The molecule has 2 rings (SSSR count). The first-order valence-electron chi connectivity index (χ1n) is 7.41. The molecule has 2 unspecified atom stereocenters. The van der Waals surface area contributed by atoms with Crippen molar-refractivity contribution in [2.45, 2.75) is 37.8 Å². The predicted molar refractivity (Wildman–Crippen MR) is 79.2 cm³/mol. The van der Waals surface area contributed by atoms with Gasteiger partial charge < -0.3 is 15.3 Å². The summed E-state index contributed by atoms with van der Waals surface area (Å²) < 4.78 is 0. The van der Waals surface area contributed by atoms with E-state index in [4.69, 9.17) is 0 Å². The molecule has 1 saturated heterocycles. The second-order valence-electron chi connectivity index (χ2n) is 5.55. The van der Waals surface area contributed by atoms with Crippen molar-refractivity contribution < 1.29 is 5.11 Å². The molecular formula is C16H26N2O. The Hall–Kier alpha value is -0.900. The number of nitrogens with zero attached hydrogens (tertiary/aromatic N) is 1. The van der Waals surface area contributed by atoms with Crippen molar-refractivity contribution in [1.82, 2.24) is 10.2 Å². The molecule has 0 aromatic heterocycles. The smallest absolute Gasteiger partial charge is 0.0914 e. The molecule has 0 aliphatic carbocycles. The number of hydrogen-bond acceptors (Lipinski definition) is 3. The van der Waals surface area contributed by atoms with E-state index in [0.29, 0.717) is 6.54 Å². The molecule has 0 amide bonds. The molecule has 2 N–H and O–H groups in total. The van der Waals surface area contributed by atoms with Gasteiger partial charge in [-0.1, -0.05) is 36.8 Å². The maximum atomic E-state index is 10.0. The lowest BCUT2D eigenvalue weighted by atomic mass is 10.00. The standard InChI is InChI=1S/C16H26N2O/c1-18-12-6-5-9-15(18)10-11-17-13-16(19)14-7-3-2-4-8-14/h2-4,7-8,15-17,19H,5-6,9-13H2,1H3. The Morgan fingerprint density at radius 1 is 1.32 bits per heavy atom. The van der Waals surface area contributed by atoms with Gasteiger partial charge in [-0.2, -0.15) is 0 Å². The minimum Gasteiger partial charge on any atom is -0.387 e. The largest absolute Gasteiger partial charge is 0.387 e. The molecule has 0 saturated carbocycles. The average Bonchev–Trinajstić information content (AvgIpc) is 2.46. The minimum absolute atomic E-state index is 0.398. The van der Waals surface area contributed by atoms with Gasteiger partial charge in [0.1, 0.15) is 0 Å². The van der Waals surface area contributed by atoms with Gasteiger partial charge in [0.15, 0.2) is 0 Å². The van der Waals surface area contributed by atoms with Gasteiger partial charge in [0.25, 0.3) is 0 Å². The molecule has 106 valence electrons. The average molecular weight is 262 g/mol. The van der Waals surface area contributed by atoms with Crippen molar-refractivity contribution in [2.24, 2.45) is 0 Å². The highest BCUT2D eigenvalue weighted by molar-refractivity contribution is 5.17. The summed E-state index contributed by atoms with van der Waals surface area (Å²) in [5.74, 6) is 0. The second kappa shape index (κ2) is 7.63. The fourth-order valence-electron chi connectivity index (χ4n) is 2.81. The van der Waals surface area contributed by atoms with Crippen molar-refractivity contribution >= 4 is 0 Å². The molecule has 1 aromatic carbocycles. The Morgan fingerprint density at radius 2 is 2.11 bits per heavy atom. The molecule has 0 radical (unpaired) electrons. The number of benzene rings is 1. The van der Waals surface area contributed by atoms with Crippen LogP contribution in [-0.2, 0) is 0 Å². The van der Waals surface area contributed by atoms with Crippen LogP contribution in [0.25, 0.3) is 0 Å². The van der Waals surface area contributed by atoms with Gasteiger partial charge in [-0.15, -0.1) is 0 Å². The minimum atomic E-state index is -0.398. The van der Waals surface area contributed by atoms with Crippen LogP contribution in [0.1, 0.15) is 37.4 Å². The lowest BCUT2D eigenvalue weighted by Crippen LogP contribution is -2.38. The summed E-state index contributed by atoms with van der Waals surface area (Å²) in [5, 5.41) is 13.4. The molecule has 3 nitrogen and oxygen atoms in total. The third-order valence-corrected chi connectivity index (χ3v) is 4.10. The van der Waals surface area contributed by atoms with Crippen LogP contribution < -0.4 is 5.32 Å². The van der Waals surface area contributed by atoms with E-state index >= 15 is 0 Å². The first-order chi connectivity index (χ1) is 9.27. The van der Waals surface area contributed by atoms with Gasteiger partial charge >= 0.3 is 0 Å². The van der Waals surface area contributed by atoms with Crippen molar-refractivity contribution in [2.75, 3.05) is 26.7 Å². The van der Waals surface area contributed by atoms with E-state index in [0.717, 1.165) is 18.2 Å². The van der Waals surface area contributed by atoms with Crippen LogP contribution in [0.2, 0.25) is 0 Å². The summed E-state index contributed by atoms with van der Waals surface area (Å²) in [4.78, 5) is 2.47. The van der Waals surface area contributed by atoms with E-state index in [1.54, 1.807) is 0 Å². The van der Waals surface area contributed by atoms with E-state index in [2.05, 4.69) is 17.3 Å². The lowest BCUT2D eigenvalue weighted by Gasteiger charge is -2.32. The van der Waals surface area contributed by atoms with Crippen molar-refractivity contribution in [1.29, 1.82) is 0 Å². The third kappa shape index (κ3) is 4.60. The van der Waals surface area contributed by atoms with Crippen LogP contribution >= 0.6 is 0 Å². The van der Waals surface area contributed by atoms with Crippen LogP contribution in [0.3, 0.4) is 0 Å². The summed E-state index contributed by atoms with van der Waals surface area (Å²) in [6.45, 7) is 2.86. The normalized spacial score (nSPS) is 22.3. The molecule has 1 heterocycles. The highest BCUT2D eigenvalue weighted by atomic mass is 16.3. The number of piperidine rings is 1. The third-order valence-electron chi connectivity index (χ3n) is 4.10. The topological polar surface area (TPSA) is 35.5 Å². The zero-order valence-electron chi connectivity index (χ0n) is 11.9. The highest BCUT2D eigenvalue weighted by Crippen LogP contribution is 2.17. The molecule has 1 aliphatic heterocycles. The number of aliphatic hydroxyl groups excluding tert-OH is 1. The maximum Gasteiger partial charge on any atom is 0.0914 e. The quantitative estimate of drug-likeness (QED) is 0.771. The number of aliphatic hydroxyl groups is 1. The van der Waals surface area contributed by atoms with Crippen molar-refractivity contribution in [3.05, 3.63) is 35.9 Å². The number of nitrogens with one attached hydrogen (secondary N) is 1. The summed E-state index contributed by atoms with van der Waals surface area (Å²) in [7, 11) is 2.22. The molecule has 0 bridgehead atoms. The van der Waals surface area contributed by atoms with Gasteiger partial charge in [0, 0.05) is 12.6 Å². The van der Waals surface area contributed by atoms with Crippen LogP contribution in [0.15, 0.2) is 30.3 Å².